The van der Waals surface area contributed by atoms with Gasteiger partial charge in [-0.1, -0.05) is 13.0 Å². The average Bonchev–Trinajstić information content (AvgIpc) is 2.45. The monoisotopic (exact) mass is 257 g/mol. The van der Waals surface area contributed by atoms with Crippen molar-refractivity contribution in [2.75, 3.05) is 6.54 Å². The van der Waals surface area contributed by atoms with Crippen molar-refractivity contribution in [2.45, 2.75) is 27.0 Å². The van der Waals surface area contributed by atoms with Gasteiger partial charge in [-0.3, -0.25) is 9.97 Å². The van der Waals surface area contributed by atoms with Gasteiger partial charge in [0.25, 0.3) is 0 Å². The highest BCUT2D eigenvalue weighted by Gasteiger charge is 2.02. The van der Waals surface area contributed by atoms with Crippen LogP contribution in [0.1, 0.15) is 24.0 Å². The zero-order valence-corrected chi connectivity index (χ0v) is 11.4. The zero-order chi connectivity index (χ0) is 13.5. The molecule has 0 aromatic carbocycles. The van der Waals surface area contributed by atoms with E-state index in [4.69, 9.17) is 4.74 Å². The minimum atomic E-state index is 0.465. The van der Waals surface area contributed by atoms with Crippen molar-refractivity contribution >= 4 is 0 Å². The number of ether oxygens (including phenoxy) is 1. The van der Waals surface area contributed by atoms with Crippen LogP contribution in [0, 0.1) is 6.92 Å². The molecule has 19 heavy (non-hydrogen) atoms. The summed E-state index contributed by atoms with van der Waals surface area (Å²) < 4.78 is 5.74. The van der Waals surface area contributed by atoms with Crippen molar-refractivity contribution in [3.63, 3.8) is 0 Å². The third-order valence-electron chi connectivity index (χ3n) is 2.75. The second-order valence-electron chi connectivity index (χ2n) is 4.28. The Morgan fingerprint density at radius 2 is 2.00 bits per heavy atom. The highest BCUT2D eigenvalue weighted by Crippen LogP contribution is 2.15. The van der Waals surface area contributed by atoms with Crippen LogP contribution >= 0.6 is 0 Å². The van der Waals surface area contributed by atoms with Gasteiger partial charge >= 0.3 is 0 Å². The van der Waals surface area contributed by atoms with Gasteiger partial charge in [0.15, 0.2) is 0 Å². The highest BCUT2D eigenvalue weighted by atomic mass is 16.5. The fraction of sp³-hybridized carbons (Fsp3) is 0.333. The standard InChI is InChI=1S/C15H19N3O/c1-3-16-10-13-6-4-7-14(18-13)11-19-15-8-5-9-17-12(15)2/h4-9,16H,3,10-11H2,1-2H3. The molecule has 0 unspecified atom stereocenters. The molecule has 0 fully saturated rings. The van der Waals surface area contributed by atoms with E-state index in [0.717, 1.165) is 35.9 Å². The van der Waals surface area contributed by atoms with Gasteiger partial charge in [0, 0.05) is 12.7 Å². The number of rotatable bonds is 6. The molecule has 4 nitrogen and oxygen atoms in total. The number of aryl methyl sites for hydroxylation is 1. The van der Waals surface area contributed by atoms with E-state index in [2.05, 4.69) is 22.2 Å². The lowest BCUT2D eigenvalue weighted by molar-refractivity contribution is 0.297. The van der Waals surface area contributed by atoms with Gasteiger partial charge in [0.05, 0.1) is 17.1 Å². The number of pyridine rings is 2. The first-order chi connectivity index (χ1) is 9.29. The van der Waals surface area contributed by atoms with E-state index in [9.17, 15) is 0 Å². The Morgan fingerprint density at radius 3 is 2.79 bits per heavy atom. The molecular formula is C15H19N3O. The van der Waals surface area contributed by atoms with Crippen molar-refractivity contribution in [3.8, 4) is 5.75 Å². The number of aromatic nitrogens is 2. The van der Waals surface area contributed by atoms with E-state index >= 15 is 0 Å². The topological polar surface area (TPSA) is 47.0 Å². The Balaban J connectivity index is 1.98. The summed E-state index contributed by atoms with van der Waals surface area (Å²) >= 11 is 0. The molecule has 2 rings (SSSR count). The van der Waals surface area contributed by atoms with Gasteiger partial charge in [-0.2, -0.15) is 0 Å². The number of nitrogens with zero attached hydrogens (tertiary/aromatic N) is 2. The van der Waals surface area contributed by atoms with Crippen molar-refractivity contribution in [2.24, 2.45) is 0 Å². The van der Waals surface area contributed by atoms with Crippen LogP contribution in [0.3, 0.4) is 0 Å². The maximum atomic E-state index is 5.74. The summed E-state index contributed by atoms with van der Waals surface area (Å²) in [5.74, 6) is 0.807. The SMILES string of the molecule is CCNCc1cccc(COc2cccnc2C)n1. The minimum absolute atomic E-state index is 0.465. The molecule has 0 spiro atoms. The van der Waals surface area contributed by atoms with E-state index in [1.54, 1.807) is 6.20 Å². The zero-order valence-electron chi connectivity index (χ0n) is 11.4. The van der Waals surface area contributed by atoms with Crippen LogP contribution in [0.5, 0.6) is 5.75 Å². The maximum Gasteiger partial charge on any atom is 0.141 e. The Labute approximate surface area is 113 Å². The predicted molar refractivity (Wildman–Crippen MR) is 74.9 cm³/mol. The first-order valence-corrected chi connectivity index (χ1v) is 6.49. The van der Waals surface area contributed by atoms with Gasteiger partial charge in [0.2, 0.25) is 0 Å². The smallest absolute Gasteiger partial charge is 0.141 e. The van der Waals surface area contributed by atoms with Gasteiger partial charge in [-0.25, -0.2) is 0 Å². The van der Waals surface area contributed by atoms with E-state index in [1.807, 2.05) is 37.3 Å². The Bertz CT molecular complexity index is 528. The van der Waals surface area contributed by atoms with Gasteiger partial charge < -0.3 is 10.1 Å². The average molecular weight is 257 g/mol. The van der Waals surface area contributed by atoms with E-state index < -0.39 is 0 Å². The van der Waals surface area contributed by atoms with Crippen molar-refractivity contribution in [3.05, 3.63) is 53.6 Å². The molecule has 0 radical (unpaired) electrons. The summed E-state index contributed by atoms with van der Waals surface area (Å²) in [5, 5.41) is 3.26. The normalized spacial score (nSPS) is 10.4. The van der Waals surface area contributed by atoms with Crippen LogP contribution in [-0.2, 0) is 13.2 Å². The Kier molecular flexibility index (Phi) is 4.86. The molecule has 2 heterocycles. The summed E-state index contributed by atoms with van der Waals surface area (Å²) in [6.07, 6.45) is 1.76. The summed E-state index contributed by atoms with van der Waals surface area (Å²) in [7, 11) is 0. The molecular weight excluding hydrogens is 238 g/mol. The maximum absolute atomic E-state index is 5.74. The van der Waals surface area contributed by atoms with Crippen LogP contribution in [0.25, 0.3) is 0 Å². The Morgan fingerprint density at radius 1 is 1.16 bits per heavy atom. The molecule has 0 saturated heterocycles. The Hall–Kier alpha value is -1.94. The lowest BCUT2D eigenvalue weighted by atomic mass is 10.3. The lowest BCUT2D eigenvalue weighted by Gasteiger charge is -2.09. The summed E-state index contributed by atoms with van der Waals surface area (Å²) in [4.78, 5) is 8.74. The quantitative estimate of drug-likeness (QED) is 0.863. The second kappa shape index (κ2) is 6.85. The summed E-state index contributed by atoms with van der Waals surface area (Å²) in [6, 6.07) is 9.79. The number of hydrogen-bond donors (Lipinski definition) is 1. The van der Waals surface area contributed by atoms with Crippen LogP contribution in [0.15, 0.2) is 36.5 Å². The van der Waals surface area contributed by atoms with Crippen molar-refractivity contribution < 1.29 is 4.74 Å². The molecule has 0 bridgehead atoms. The van der Waals surface area contributed by atoms with Gasteiger partial charge in [-0.15, -0.1) is 0 Å². The summed E-state index contributed by atoms with van der Waals surface area (Å²) in [6.45, 7) is 6.21. The first kappa shape index (κ1) is 13.5. The highest BCUT2D eigenvalue weighted by molar-refractivity contribution is 5.25. The minimum Gasteiger partial charge on any atom is -0.485 e. The van der Waals surface area contributed by atoms with Crippen LogP contribution < -0.4 is 10.1 Å². The van der Waals surface area contributed by atoms with E-state index in [0.29, 0.717) is 6.61 Å². The predicted octanol–water partition coefficient (Wildman–Crippen LogP) is 2.47. The molecule has 4 heteroatoms. The molecule has 2 aromatic heterocycles. The van der Waals surface area contributed by atoms with Crippen molar-refractivity contribution in [1.29, 1.82) is 0 Å². The fourth-order valence-corrected chi connectivity index (χ4v) is 1.73. The second-order valence-corrected chi connectivity index (χ2v) is 4.28. The van der Waals surface area contributed by atoms with Crippen LogP contribution in [-0.4, -0.2) is 16.5 Å². The van der Waals surface area contributed by atoms with Gasteiger partial charge in [0.1, 0.15) is 12.4 Å². The molecule has 0 saturated carbocycles. The molecule has 0 aliphatic carbocycles. The van der Waals surface area contributed by atoms with Gasteiger partial charge in [-0.05, 0) is 37.7 Å². The third kappa shape index (κ3) is 4.03. The lowest BCUT2D eigenvalue weighted by Crippen LogP contribution is -2.13. The summed E-state index contributed by atoms with van der Waals surface area (Å²) in [5.41, 5.74) is 2.86. The molecule has 0 atom stereocenters. The third-order valence-corrected chi connectivity index (χ3v) is 2.75. The van der Waals surface area contributed by atoms with Crippen LogP contribution in [0.4, 0.5) is 0 Å². The molecule has 2 aromatic rings. The van der Waals surface area contributed by atoms with E-state index in [-0.39, 0.29) is 0 Å². The molecule has 0 aliphatic rings. The number of nitrogens with one attached hydrogen (secondary N) is 1. The van der Waals surface area contributed by atoms with Crippen molar-refractivity contribution in [1.82, 2.24) is 15.3 Å². The fourth-order valence-electron chi connectivity index (χ4n) is 1.73. The molecule has 1 N–H and O–H groups in total. The molecule has 0 aliphatic heterocycles. The largest absolute Gasteiger partial charge is 0.485 e. The van der Waals surface area contributed by atoms with E-state index in [1.165, 1.54) is 0 Å². The molecule has 0 amide bonds. The molecule has 100 valence electrons. The van der Waals surface area contributed by atoms with Crippen LogP contribution in [0.2, 0.25) is 0 Å². The number of hydrogen-bond acceptors (Lipinski definition) is 4. The first-order valence-electron chi connectivity index (χ1n) is 6.49.